The first-order valence-corrected chi connectivity index (χ1v) is 9.26. The van der Waals surface area contributed by atoms with Gasteiger partial charge in [0.25, 0.3) is 0 Å². The highest BCUT2D eigenvalue weighted by molar-refractivity contribution is 7.16. The van der Waals surface area contributed by atoms with Gasteiger partial charge in [0, 0.05) is 16.3 Å². The SMILES string of the molecule is Cc1sc(NC(N)CCCCN)c(Cc2ccc(Cl)cc2)c1C. The fraction of sp³-hybridized carbons (Fsp3) is 0.444. The van der Waals surface area contributed by atoms with E-state index in [4.69, 9.17) is 23.1 Å². The summed E-state index contributed by atoms with van der Waals surface area (Å²) in [6, 6.07) is 8.05. The van der Waals surface area contributed by atoms with Crippen molar-refractivity contribution in [2.24, 2.45) is 11.5 Å². The third-order valence-electron chi connectivity index (χ3n) is 4.09. The summed E-state index contributed by atoms with van der Waals surface area (Å²) in [5.41, 5.74) is 15.7. The van der Waals surface area contributed by atoms with E-state index in [2.05, 4.69) is 31.3 Å². The molecule has 0 radical (unpaired) electrons. The minimum Gasteiger partial charge on any atom is -0.362 e. The van der Waals surface area contributed by atoms with Crippen LogP contribution in [0.4, 0.5) is 5.00 Å². The molecule has 0 aliphatic rings. The van der Waals surface area contributed by atoms with Crippen LogP contribution in [0.3, 0.4) is 0 Å². The highest BCUT2D eigenvalue weighted by atomic mass is 35.5. The summed E-state index contributed by atoms with van der Waals surface area (Å²) in [5.74, 6) is 0. The fourth-order valence-electron chi connectivity index (χ4n) is 2.56. The molecule has 1 atom stereocenters. The zero-order chi connectivity index (χ0) is 16.8. The molecule has 0 aliphatic carbocycles. The van der Waals surface area contributed by atoms with Gasteiger partial charge in [0.05, 0.1) is 11.2 Å². The standard InChI is InChI=1S/C18H26ClN3S/c1-12-13(2)23-18(22-17(21)5-3-4-10-20)16(12)11-14-6-8-15(19)9-7-14/h6-9,17,22H,3-5,10-11,20-21H2,1-2H3. The third kappa shape index (κ3) is 5.21. The molecule has 1 unspecified atom stereocenters. The van der Waals surface area contributed by atoms with Gasteiger partial charge in [-0.1, -0.05) is 23.7 Å². The normalized spacial score (nSPS) is 12.4. The minimum absolute atomic E-state index is 0.0250. The number of unbranched alkanes of at least 4 members (excludes halogenated alkanes) is 1. The maximum atomic E-state index is 6.23. The van der Waals surface area contributed by atoms with Gasteiger partial charge >= 0.3 is 0 Å². The van der Waals surface area contributed by atoms with Gasteiger partial charge in [0.2, 0.25) is 0 Å². The average Bonchev–Trinajstić information content (AvgIpc) is 2.77. The maximum absolute atomic E-state index is 6.23. The van der Waals surface area contributed by atoms with Crippen molar-refractivity contribution >= 4 is 27.9 Å². The van der Waals surface area contributed by atoms with E-state index in [1.807, 2.05) is 12.1 Å². The number of benzene rings is 1. The highest BCUT2D eigenvalue weighted by Gasteiger charge is 2.15. The van der Waals surface area contributed by atoms with Crippen molar-refractivity contribution in [2.75, 3.05) is 11.9 Å². The van der Waals surface area contributed by atoms with E-state index in [-0.39, 0.29) is 6.17 Å². The number of aryl methyl sites for hydroxylation is 1. The van der Waals surface area contributed by atoms with E-state index >= 15 is 0 Å². The topological polar surface area (TPSA) is 64.1 Å². The predicted molar refractivity (Wildman–Crippen MR) is 103 cm³/mol. The van der Waals surface area contributed by atoms with Crippen LogP contribution < -0.4 is 16.8 Å². The Bertz CT molecular complexity index is 622. The monoisotopic (exact) mass is 351 g/mol. The lowest BCUT2D eigenvalue weighted by Gasteiger charge is -2.15. The lowest BCUT2D eigenvalue weighted by atomic mass is 10.0. The zero-order valence-corrected chi connectivity index (χ0v) is 15.4. The lowest BCUT2D eigenvalue weighted by Crippen LogP contribution is -2.29. The largest absolute Gasteiger partial charge is 0.362 e. The molecule has 2 rings (SSSR count). The number of nitrogens with one attached hydrogen (secondary N) is 1. The van der Waals surface area contributed by atoms with Crippen molar-refractivity contribution in [3.63, 3.8) is 0 Å². The van der Waals surface area contributed by atoms with Gasteiger partial charge in [-0.05, 0) is 68.5 Å². The Morgan fingerprint density at radius 3 is 2.52 bits per heavy atom. The summed E-state index contributed by atoms with van der Waals surface area (Å²) in [6.07, 6.45) is 3.89. The van der Waals surface area contributed by atoms with E-state index in [1.54, 1.807) is 11.3 Å². The summed E-state index contributed by atoms with van der Waals surface area (Å²) < 4.78 is 0. The molecule has 1 aromatic carbocycles. The number of rotatable bonds is 8. The molecule has 1 aromatic heterocycles. The van der Waals surface area contributed by atoms with Crippen LogP contribution in [0.2, 0.25) is 5.02 Å². The minimum atomic E-state index is -0.0250. The molecule has 0 saturated carbocycles. The van der Waals surface area contributed by atoms with Crippen LogP contribution in [0.5, 0.6) is 0 Å². The number of anilines is 1. The van der Waals surface area contributed by atoms with E-state index in [0.29, 0.717) is 0 Å². The Kier molecular flexibility index (Phi) is 6.90. The summed E-state index contributed by atoms with van der Waals surface area (Å²) in [5, 5.41) is 5.45. The van der Waals surface area contributed by atoms with E-state index in [9.17, 15) is 0 Å². The molecule has 5 N–H and O–H groups in total. The Morgan fingerprint density at radius 2 is 1.87 bits per heavy atom. The number of halogens is 1. The smallest absolute Gasteiger partial charge is 0.0936 e. The second kappa shape index (κ2) is 8.69. The Morgan fingerprint density at radius 1 is 1.17 bits per heavy atom. The second-order valence-electron chi connectivity index (χ2n) is 5.93. The van der Waals surface area contributed by atoms with Crippen molar-refractivity contribution in [1.82, 2.24) is 0 Å². The van der Waals surface area contributed by atoms with Crippen LogP contribution in [-0.2, 0) is 6.42 Å². The molecule has 0 spiro atoms. The van der Waals surface area contributed by atoms with Gasteiger partial charge in [-0.15, -0.1) is 11.3 Å². The van der Waals surface area contributed by atoms with Crippen LogP contribution in [-0.4, -0.2) is 12.7 Å². The molecule has 0 aliphatic heterocycles. The van der Waals surface area contributed by atoms with Crippen LogP contribution in [0.25, 0.3) is 0 Å². The van der Waals surface area contributed by atoms with Crippen molar-refractivity contribution in [1.29, 1.82) is 0 Å². The van der Waals surface area contributed by atoms with Crippen LogP contribution in [0, 0.1) is 13.8 Å². The molecule has 23 heavy (non-hydrogen) atoms. The summed E-state index contributed by atoms with van der Waals surface area (Å²) >= 11 is 7.76. The second-order valence-corrected chi connectivity index (χ2v) is 7.59. The van der Waals surface area contributed by atoms with Gasteiger partial charge in [0.1, 0.15) is 0 Å². The molecule has 3 nitrogen and oxygen atoms in total. The number of thiophene rings is 1. The summed E-state index contributed by atoms with van der Waals surface area (Å²) in [4.78, 5) is 1.34. The molecule has 1 heterocycles. The number of nitrogens with two attached hydrogens (primary N) is 2. The fourth-order valence-corrected chi connectivity index (χ4v) is 3.83. The summed E-state index contributed by atoms with van der Waals surface area (Å²) in [6.45, 7) is 5.07. The maximum Gasteiger partial charge on any atom is 0.0936 e. The van der Waals surface area contributed by atoms with E-state index < -0.39 is 0 Å². The zero-order valence-electron chi connectivity index (χ0n) is 13.9. The Labute approximate surface area is 148 Å². The molecule has 0 saturated heterocycles. The average molecular weight is 352 g/mol. The van der Waals surface area contributed by atoms with Crippen molar-refractivity contribution in [3.8, 4) is 0 Å². The number of hydrogen-bond donors (Lipinski definition) is 3. The molecule has 2 aromatic rings. The molecule has 0 amide bonds. The Balaban J connectivity index is 2.11. The number of hydrogen-bond acceptors (Lipinski definition) is 4. The molecule has 0 bridgehead atoms. The lowest BCUT2D eigenvalue weighted by molar-refractivity contribution is 0.612. The molecule has 5 heteroatoms. The van der Waals surface area contributed by atoms with Crippen LogP contribution in [0.1, 0.15) is 40.8 Å². The van der Waals surface area contributed by atoms with Gasteiger partial charge in [-0.3, -0.25) is 0 Å². The van der Waals surface area contributed by atoms with Gasteiger partial charge in [0.15, 0.2) is 0 Å². The molecule has 126 valence electrons. The first kappa shape index (κ1) is 18.3. The van der Waals surface area contributed by atoms with Crippen molar-refractivity contribution < 1.29 is 0 Å². The highest BCUT2D eigenvalue weighted by Crippen LogP contribution is 2.34. The first-order valence-electron chi connectivity index (χ1n) is 8.06. The van der Waals surface area contributed by atoms with Gasteiger partial charge in [-0.25, -0.2) is 0 Å². The van der Waals surface area contributed by atoms with Gasteiger partial charge < -0.3 is 16.8 Å². The quantitative estimate of drug-likeness (QED) is 0.486. The van der Waals surface area contributed by atoms with E-state index in [0.717, 1.165) is 37.3 Å². The predicted octanol–water partition coefficient (Wildman–Crippen LogP) is 4.43. The van der Waals surface area contributed by atoms with Crippen molar-refractivity contribution in [2.45, 2.75) is 45.7 Å². The molecular formula is C18H26ClN3S. The van der Waals surface area contributed by atoms with Crippen molar-refractivity contribution in [3.05, 3.63) is 50.9 Å². The first-order chi connectivity index (χ1) is 11.0. The summed E-state index contributed by atoms with van der Waals surface area (Å²) in [7, 11) is 0. The molecular weight excluding hydrogens is 326 g/mol. The van der Waals surface area contributed by atoms with Crippen LogP contribution >= 0.6 is 22.9 Å². The van der Waals surface area contributed by atoms with E-state index in [1.165, 1.54) is 26.6 Å². The third-order valence-corrected chi connectivity index (χ3v) is 5.52. The van der Waals surface area contributed by atoms with Crippen LogP contribution in [0.15, 0.2) is 24.3 Å². The van der Waals surface area contributed by atoms with Gasteiger partial charge in [-0.2, -0.15) is 0 Å². The Hall–Kier alpha value is -1.07. The molecule has 0 fully saturated rings.